The molecule has 1 aromatic rings. The predicted molar refractivity (Wildman–Crippen MR) is 60.8 cm³/mol. The van der Waals surface area contributed by atoms with E-state index in [1.54, 1.807) is 20.4 Å². The molecule has 0 spiro atoms. The average molecular weight is 227 g/mol. The minimum atomic E-state index is -0.199. The summed E-state index contributed by atoms with van der Waals surface area (Å²) < 4.78 is 9.98. The Labute approximate surface area is 94.2 Å². The molecule has 0 aliphatic heterocycles. The van der Waals surface area contributed by atoms with E-state index >= 15 is 0 Å². The first-order valence-electron chi connectivity index (χ1n) is 5.06. The van der Waals surface area contributed by atoms with Crippen molar-refractivity contribution in [3.05, 3.63) is 22.7 Å². The molecule has 0 aliphatic carbocycles. The second-order valence-electron chi connectivity index (χ2n) is 3.21. The van der Waals surface area contributed by atoms with Gasteiger partial charge in [0.05, 0.1) is 13.2 Å². The Bertz CT molecular complexity index is 345. The fourth-order valence-electron chi connectivity index (χ4n) is 1.30. The Morgan fingerprint density at radius 3 is 2.44 bits per heavy atom. The van der Waals surface area contributed by atoms with Gasteiger partial charge in [0, 0.05) is 39.7 Å². The monoisotopic (exact) mass is 227 g/mol. The number of aromatic nitrogens is 2. The van der Waals surface area contributed by atoms with Crippen LogP contribution in [0.2, 0.25) is 0 Å². The maximum absolute atomic E-state index is 11.5. The van der Waals surface area contributed by atoms with Crippen molar-refractivity contribution in [1.29, 1.82) is 0 Å². The molecular formula is C10H17N3O3. The van der Waals surface area contributed by atoms with Crippen LogP contribution in [0.1, 0.15) is 0 Å². The van der Waals surface area contributed by atoms with E-state index in [0.29, 0.717) is 32.1 Å². The molecule has 0 aliphatic rings. The van der Waals surface area contributed by atoms with Crippen LogP contribution in [0.5, 0.6) is 0 Å². The Morgan fingerprint density at radius 1 is 1.31 bits per heavy atom. The quantitative estimate of drug-likeness (QED) is 0.702. The van der Waals surface area contributed by atoms with Crippen molar-refractivity contribution in [3.8, 4) is 0 Å². The molecule has 0 fully saturated rings. The van der Waals surface area contributed by atoms with E-state index in [9.17, 15) is 4.79 Å². The molecule has 6 heteroatoms. The fourth-order valence-corrected chi connectivity index (χ4v) is 1.30. The van der Waals surface area contributed by atoms with E-state index in [1.165, 1.54) is 6.20 Å². The Hall–Kier alpha value is -1.40. The van der Waals surface area contributed by atoms with E-state index in [2.05, 4.69) is 9.97 Å². The van der Waals surface area contributed by atoms with Gasteiger partial charge in [-0.3, -0.25) is 4.79 Å². The molecule has 0 saturated carbocycles. The lowest BCUT2D eigenvalue weighted by atomic mass is 10.4. The highest BCUT2D eigenvalue weighted by Gasteiger charge is 2.10. The number of methoxy groups -OCH3 is 2. The molecule has 16 heavy (non-hydrogen) atoms. The lowest BCUT2D eigenvalue weighted by Crippen LogP contribution is -2.35. The third-order valence-corrected chi connectivity index (χ3v) is 2.12. The number of ether oxygens (including phenoxy) is 2. The zero-order valence-corrected chi connectivity index (χ0v) is 9.60. The van der Waals surface area contributed by atoms with Gasteiger partial charge >= 0.3 is 0 Å². The van der Waals surface area contributed by atoms with E-state index < -0.39 is 0 Å². The van der Waals surface area contributed by atoms with Crippen LogP contribution in [0, 0.1) is 0 Å². The molecule has 0 unspecified atom stereocenters. The van der Waals surface area contributed by atoms with Crippen LogP contribution >= 0.6 is 0 Å². The SMILES string of the molecule is COCCN(CCOC)c1ncc[nH]c1=O. The van der Waals surface area contributed by atoms with Crippen LogP contribution in [-0.2, 0) is 9.47 Å². The molecule has 6 nitrogen and oxygen atoms in total. The Kier molecular flexibility index (Phi) is 5.52. The zero-order chi connectivity index (χ0) is 11.8. The van der Waals surface area contributed by atoms with Gasteiger partial charge in [-0.15, -0.1) is 0 Å². The molecule has 0 atom stereocenters. The summed E-state index contributed by atoms with van der Waals surface area (Å²) in [5.41, 5.74) is -0.199. The molecule has 0 amide bonds. The maximum Gasteiger partial charge on any atom is 0.290 e. The van der Waals surface area contributed by atoms with Crippen molar-refractivity contribution in [3.63, 3.8) is 0 Å². The summed E-state index contributed by atoms with van der Waals surface area (Å²) in [6.07, 6.45) is 3.07. The number of aromatic amines is 1. The maximum atomic E-state index is 11.5. The second kappa shape index (κ2) is 6.97. The Balaban J connectivity index is 2.74. The first-order valence-corrected chi connectivity index (χ1v) is 5.06. The minimum Gasteiger partial charge on any atom is -0.383 e. The standard InChI is InChI=1S/C10H17N3O3/c1-15-7-5-13(6-8-16-2)9-10(14)12-4-3-11-9/h3-4H,5-8H2,1-2H3,(H,12,14). The van der Waals surface area contributed by atoms with Gasteiger partial charge in [0.25, 0.3) is 5.56 Å². The summed E-state index contributed by atoms with van der Waals surface area (Å²) in [6, 6.07) is 0. The average Bonchev–Trinajstić information content (AvgIpc) is 2.31. The molecule has 0 radical (unpaired) electrons. The van der Waals surface area contributed by atoms with Crippen molar-refractivity contribution in [2.24, 2.45) is 0 Å². The van der Waals surface area contributed by atoms with Crippen molar-refractivity contribution in [1.82, 2.24) is 9.97 Å². The minimum absolute atomic E-state index is 0.199. The fraction of sp³-hybridized carbons (Fsp3) is 0.600. The van der Waals surface area contributed by atoms with Crippen molar-refractivity contribution >= 4 is 5.82 Å². The topological polar surface area (TPSA) is 67.5 Å². The predicted octanol–water partition coefficient (Wildman–Crippen LogP) is -0.131. The summed E-state index contributed by atoms with van der Waals surface area (Å²) in [6.45, 7) is 2.30. The molecule has 1 rings (SSSR count). The van der Waals surface area contributed by atoms with E-state index in [1.807, 2.05) is 4.90 Å². The number of hydrogen-bond donors (Lipinski definition) is 1. The number of rotatable bonds is 7. The summed E-state index contributed by atoms with van der Waals surface area (Å²) >= 11 is 0. The molecule has 0 aromatic carbocycles. The molecule has 1 heterocycles. The Morgan fingerprint density at radius 2 is 1.94 bits per heavy atom. The molecule has 1 N–H and O–H groups in total. The first kappa shape index (κ1) is 12.7. The smallest absolute Gasteiger partial charge is 0.290 e. The summed E-state index contributed by atoms with van der Waals surface area (Å²) in [5, 5.41) is 0. The van der Waals surface area contributed by atoms with Gasteiger partial charge in [-0.1, -0.05) is 0 Å². The van der Waals surface area contributed by atoms with Crippen molar-refractivity contribution in [2.45, 2.75) is 0 Å². The second-order valence-corrected chi connectivity index (χ2v) is 3.21. The van der Waals surface area contributed by atoms with Crippen molar-refractivity contribution in [2.75, 3.05) is 45.4 Å². The highest BCUT2D eigenvalue weighted by molar-refractivity contribution is 5.34. The van der Waals surface area contributed by atoms with Gasteiger partial charge in [-0.2, -0.15) is 0 Å². The number of H-pyrrole nitrogens is 1. The van der Waals surface area contributed by atoms with E-state index in [-0.39, 0.29) is 5.56 Å². The van der Waals surface area contributed by atoms with Crippen LogP contribution in [0.4, 0.5) is 5.82 Å². The van der Waals surface area contributed by atoms with Gasteiger partial charge in [-0.25, -0.2) is 4.98 Å². The van der Waals surface area contributed by atoms with Crippen LogP contribution in [0.3, 0.4) is 0 Å². The van der Waals surface area contributed by atoms with E-state index in [0.717, 1.165) is 0 Å². The normalized spacial score (nSPS) is 10.4. The number of nitrogens with zero attached hydrogens (tertiary/aromatic N) is 2. The summed E-state index contributed by atoms with van der Waals surface area (Å²) in [4.78, 5) is 20.0. The van der Waals surface area contributed by atoms with Crippen LogP contribution in [0.15, 0.2) is 17.2 Å². The molecular weight excluding hydrogens is 210 g/mol. The van der Waals surface area contributed by atoms with Crippen LogP contribution in [-0.4, -0.2) is 50.5 Å². The van der Waals surface area contributed by atoms with E-state index in [4.69, 9.17) is 9.47 Å². The molecule has 90 valence electrons. The van der Waals surface area contributed by atoms with Gasteiger partial charge in [-0.05, 0) is 0 Å². The third kappa shape index (κ3) is 3.63. The lowest BCUT2D eigenvalue weighted by molar-refractivity contribution is 0.190. The number of anilines is 1. The van der Waals surface area contributed by atoms with Gasteiger partial charge in [0.2, 0.25) is 0 Å². The van der Waals surface area contributed by atoms with Gasteiger partial charge < -0.3 is 19.4 Å². The van der Waals surface area contributed by atoms with Crippen LogP contribution in [0.25, 0.3) is 0 Å². The molecule has 0 bridgehead atoms. The summed E-state index contributed by atoms with van der Waals surface area (Å²) in [5.74, 6) is 0.400. The molecule has 1 aromatic heterocycles. The summed E-state index contributed by atoms with van der Waals surface area (Å²) in [7, 11) is 3.24. The highest BCUT2D eigenvalue weighted by Crippen LogP contribution is 2.01. The zero-order valence-electron chi connectivity index (χ0n) is 9.60. The third-order valence-electron chi connectivity index (χ3n) is 2.12. The number of hydrogen-bond acceptors (Lipinski definition) is 5. The lowest BCUT2D eigenvalue weighted by Gasteiger charge is -2.21. The van der Waals surface area contributed by atoms with Gasteiger partial charge in [0.1, 0.15) is 0 Å². The number of nitrogens with one attached hydrogen (secondary N) is 1. The largest absolute Gasteiger partial charge is 0.383 e. The first-order chi connectivity index (χ1) is 7.79. The van der Waals surface area contributed by atoms with Gasteiger partial charge in [0.15, 0.2) is 5.82 Å². The molecule has 0 saturated heterocycles. The van der Waals surface area contributed by atoms with Crippen molar-refractivity contribution < 1.29 is 9.47 Å². The highest BCUT2D eigenvalue weighted by atomic mass is 16.5. The van der Waals surface area contributed by atoms with Crippen LogP contribution < -0.4 is 10.5 Å².